The average Bonchev–Trinajstić information content (AvgIpc) is 2.46. The highest BCUT2D eigenvalue weighted by Gasteiger charge is 2.15. The Morgan fingerprint density at radius 1 is 1.54 bits per heavy atom. The predicted molar refractivity (Wildman–Crippen MR) is 51.6 cm³/mol. The first-order chi connectivity index (χ1) is 6.13. The molecule has 0 aliphatic rings. The minimum absolute atomic E-state index is 0.161. The zero-order chi connectivity index (χ0) is 9.84. The number of alkyl halides is 1. The summed E-state index contributed by atoms with van der Waals surface area (Å²) >= 11 is 6.02. The SMILES string of the molecule is CCC(Cc1nnn(C)n1)C(C)Cl. The van der Waals surface area contributed by atoms with Crippen LogP contribution >= 0.6 is 11.6 Å². The van der Waals surface area contributed by atoms with Crippen molar-refractivity contribution in [3.8, 4) is 0 Å². The van der Waals surface area contributed by atoms with Crippen LogP contribution in [0.1, 0.15) is 26.1 Å². The maximum Gasteiger partial charge on any atom is 0.175 e. The Kier molecular flexibility index (Phi) is 3.66. The highest BCUT2D eigenvalue weighted by molar-refractivity contribution is 6.20. The van der Waals surface area contributed by atoms with Crippen molar-refractivity contribution < 1.29 is 0 Å². The van der Waals surface area contributed by atoms with Gasteiger partial charge in [-0.15, -0.1) is 21.8 Å². The number of hydrogen-bond acceptors (Lipinski definition) is 3. The molecule has 5 heteroatoms. The van der Waals surface area contributed by atoms with E-state index in [0.717, 1.165) is 18.7 Å². The van der Waals surface area contributed by atoms with E-state index in [1.54, 1.807) is 7.05 Å². The molecule has 0 aliphatic carbocycles. The molecule has 0 spiro atoms. The second-order valence-corrected chi connectivity index (χ2v) is 3.93. The van der Waals surface area contributed by atoms with Crippen LogP contribution in [0.15, 0.2) is 0 Å². The third-order valence-electron chi connectivity index (χ3n) is 2.17. The molecule has 0 radical (unpaired) electrons. The molecule has 2 atom stereocenters. The van der Waals surface area contributed by atoms with Crippen molar-refractivity contribution >= 4 is 11.6 Å². The molecule has 0 fully saturated rings. The fourth-order valence-corrected chi connectivity index (χ4v) is 1.54. The van der Waals surface area contributed by atoms with Gasteiger partial charge in [-0.05, 0) is 18.1 Å². The maximum atomic E-state index is 6.02. The molecule has 1 aromatic heterocycles. The molecule has 0 saturated heterocycles. The first kappa shape index (κ1) is 10.4. The predicted octanol–water partition coefficient (Wildman–Crippen LogP) is 1.41. The normalized spacial score (nSPS) is 15.7. The lowest BCUT2D eigenvalue weighted by molar-refractivity contribution is 0.484. The summed E-state index contributed by atoms with van der Waals surface area (Å²) in [6, 6.07) is 0. The molecule has 4 nitrogen and oxygen atoms in total. The van der Waals surface area contributed by atoms with Gasteiger partial charge in [-0.3, -0.25) is 0 Å². The molecular weight excluding hydrogens is 188 g/mol. The van der Waals surface area contributed by atoms with Crippen molar-refractivity contribution in [2.24, 2.45) is 13.0 Å². The monoisotopic (exact) mass is 202 g/mol. The van der Waals surface area contributed by atoms with Crippen molar-refractivity contribution in [1.82, 2.24) is 20.2 Å². The summed E-state index contributed by atoms with van der Waals surface area (Å²) < 4.78 is 0. The van der Waals surface area contributed by atoms with Crippen LogP contribution in [-0.4, -0.2) is 25.6 Å². The first-order valence-corrected chi connectivity index (χ1v) is 4.94. The Balaban J connectivity index is 2.56. The molecule has 74 valence electrons. The summed E-state index contributed by atoms with van der Waals surface area (Å²) in [6.07, 6.45) is 1.86. The summed E-state index contributed by atoms with van der Waals surface area (Å²) in [5, 5.41) is 12.0. The van der Waals surface area contributed by atoms with Crippen molar-refractivity contribution in [3.05, 3.63) is 5.82 Å². The third kappa shape index (κ3) is 2.95. The van der Waals surface area contributed by atoms with Gasteiger partial charge in [0.15, 0.2) is 5.82 Å². The number of nitrogens with zero attached hydrogens (tertiary/aromatic N) is 4. The smallest absolute Gasteiger partial charge is 0.167 e. The lowest BCUT2D eigenvalue weighted by Gasteiger charge is -2.14. The van der Waals surface area contributed by atoms with Crippen LogP contribution in [-0.2, 0) is 13.5 Å². The number of rotatable bonds is 4. The summed E-state index contributed by atoms with van der Waals surface area (Å²) in [5.41, 5.74) is 0. The average molecular weight is 203 g/mol. The Morgan fingerprint density at radius 3 is 2.62 bits per heavy atom. The Morgan fingerprint density at radius 2 is 2.23 bits per heavy atom. The molecule has 1 heterocycles. The van der Waals surface area contributed by atoms with Crippen LogP contribution in [0.4, 0.5) is 0 Å². The van der Waals surface area contributed by atoms with Gasteiger partial charge in [-0.1, -0.05) is 13.3 Å². The van der Waals surface area contributed by atoms with Crippen LogP contribution in [0.2, 0.25) is 0 Å². The van der Waals surface area contributed by atoms with Crippen LogP contribution in [0.25, 0.3) is 0 Å². The van der Waals surface area contributed by atoms with Gasteiger partial charge in [0, 0.05) is 11.8 Å². The van der Waals surface area contributed by atoms with Crippen molar-refractivity contribution in [1.29, 1.82) is 0 Å². The van der Waals surface area contributed by atoms with Gasteiger partial charge in [0.2, 0.25) is 0 Å². The van der Waals surface area contributed by atoms with E-state index >= 15 is 0 Å². The van der Waals surface area contributed by atoms with Crippen LogP contribution in [0, 0.1) is 5.92 Å². The van der Waals surface area contributed by atoms with Gasteiger partial charge in [0.05, 0.1) is 7.05 Å². The highest BCUT2D eigenvalue weighted by atomic mass is 35.5. The summed E-state index contributed by atoms with van der Waals surface area (Å²) in [7, 11) is 1.77. The molecule has 0 aliphatic heterocycles. The fraction of sp³-hybridized carbons (Fsp3) is 0.875. The van der Waals surface area contributed by atoms with Crippen molar-refractivity contribution in [3.63, 3.8) is 0 Å². The van der Waals surface area contributed by atoms with Gasteiger partial charge in [-0.2, -0.15) is 4.80 Å². The van der Waals surface area contributed by atoms with Crippen LogP contribution in [0.3, 0.4) is 0 Å². The Labute approximate surface area is 83.3 Å². The summed E-state index contributed by atoms with van der Waals surface area (Å²) in [6.45, 7) is 4.13. The Bertz CT molecular complexity index is 258. The first-order valence-electron chi connectivity index (χ1n) is 4.50. The zero-order valence-electron chi connectivity index (χ0n) is 8.24. The van der Waals surface area contributed by atoms with Gasteiger partial charge in [0.25, 0.3) is 0 Å². The van der Waals surface area contributed by atoms with Gasteiger partial charge < -0.3 is 0 Å². The molecule has 1 rings (SSSR count). The third-order valence-corrected chi connectivity index (χ3v) is 2.52. The molecular formula is C8H15ClN4. The van der Waals surface area contributed by atoms with Crippen molar-refractivity contribution in [2.45, 2.75) is 32.1 Å². The minimum atomic E-state index is 0.161. The minimum Gasteiger partial charge on any atom is -0.167 e. The number of aromatic nitrogens is 4. The molecule has 1 aromatic rings. The quantitative estimate of drug-likeness (QED) is 0.694. The molecule has 0 bridgehead atoms. The van der Waals surface area contributed by atoms with Crippen LogP contribution in [0.5, 0.6) is 0 Å². The van der Waals surface area contributed by atoms with Gasteiger partial charge >= 0.3 is 0 Å². The van der Waals surface area contributed by atoms with Gasteiger partial charge in [0.1, 0.15) is 0 Å². The van der Waals surface area contributed by atoms with E-state index in [9.17, 15) is 0 Å². The number of tetrazole rings is 1. The molecule has 0 amide bonds. The maximum absolute atomic E-state index is 6.02. The number of hydrogen-bond donors (Lipinski definition) is 0. The highest BCUT2D eigenvalue weighted by Crippen LogP contribution is 2.17. The van der Waals surface area contributed by atoms with Crippen LogP contribution < -0.4 is 0 Å². The lowest BCUT2D eigenvalue weighted by atomic mass is 9.99. The van der Waals surface area contributed by atoms with Gasteiger partial charge in [-0.25, -0.2) is 0 Å². The van der Waals surface area contributed by atoms with E-state index in [1.165, 1.54) is 4.80 Å². The topological polar surface area (TPSA) is 43.6 Å². The molecule has 0 aromatic carbocycles. The van der Waals surface area contributed by atoms with E-state index in [-0.39, 0.29) is 5.38 Å². The second-order valence-electron chi connectivity index (χ2n) is 3.25. The van der Waals surface area contributed by atoms with E-state index in [0.29, 0.717) is 5.92 Å². The lowest BCUT2D eigenvalue weighted by Crippen LogP contribution is -2.14. The largest absolute Gasteiger partial charge is 0.175 e. The van der Waals surface area contributed by atoms with Crippen molar-refractivity contribution in [2.75, 3.05) is 0 Å². The zero-order valence-corrected chi connectivity index (χ0v) is 8.99. The van der Waals surface area contributed by atoms with E-state index in [4.69, 9.17) is 11.6 Å². The van der Waals surface area contributed by atoms with E-state index in [2.05, 4.69) is 22.3 Å². The molecule has 0 N–H and O–H groups in total. The molecule has 13 heavy (non-hydrogen) atoms. The van der Waals surface area contributed by atoms with E-state index in [1.807, 2.05) is 6.92 Å². The Hall–Kier alpha value is -0.640. The standard InChI is InChI=1S/C8H15ClN4/c1-4-7(6(2)9)5-8-10-12-13(3)11-8/h6-7H,4-5H2,1-3H3. The fourth-order valence-electron chi connectivity index (χ4n) is 1.27. The number of halogens is 1. The summed E-state index contributed by atoms with van der Waals surface area (Å²) in [5.74, 6) is 1.22. The summed E-state index contributed by atoms with van der Waals surface area (Å²) in [4.78, 5) is 1.47. The second kappa shape index (κ2) is 4.56. The van der Waals surface area contributed by atoms with E-state index < -0.39 is 0 Å². The number of aryl methyl sites for hydroxylation is 1. The molecule has 2 unspecified atom stereocenters. The molecule has 0 saturated carbocycles.